The number of carbonyl (C=O) groups is 1. The molecule has 0 saturated heterocycles. The fraction of sp³-hybridized carbons (Fsp3) is 0.100. The predicted octanol–water partition coefficient (Wildman–Crippen LogP) is 0.804. The van der Waals surface area contributed by atoms with Gasteiger partial charge in [0.25, 0.3) is 0 Å². The Morgan fingerprint density at radius 2 is 2.00 bits per heavy atom. The van der Waals surface area contributed by atoms with Crippen molar-refractivity contribution in [2.45, 2.75) is 6.04 Å². The highest BCUT2D eigenvalue weighted by molar-refractivity contribution is 5.88. The number of nitrogens with one attached hydrogen (secondary N) is 2. The summed E-state index contributed by atoms with van der Waals surface area (Å²) in [5, 5.41) is 8.90. The second-order valence-corrected chi connectivity index (χ2v) is 3.04. The lowest BCUT2D eigenvalue weighted by Crippen LogP contribution is -2.26. The second-order valence-electron chi connectivity index (χ2n) is 3.04. The molecular weight excluding hydrogens is 180 g/mol. The average molecular weight is 190 g/mol. The van der Waals surface area contributed by atoms with Crippen molar-refractivity contribution in [3.63, 3.8) is 0 Å². The van der Waals surface area contributed by atoms with Gasteiger partial charge in [-0.1, -0.05) is 30.3 Å². The SMILES string of the molecule is O=C(O)C1=CNNC1c1ccccc1. The highest BCUT2D eigenvalue weighted by atomic mass is 16.4. The van der Waals surface area contributed by atoms with Crippen LogP contribution in [0.25, 0.3) is 0 Å². The molecule has 3 N–H and O–H groups in total. The van der Waals surface area contributed by atoms with Crippen LogP contribution in [0.2, 0.25) is 0 Å². The third kappa shape index (κ3) is 1.47. The summed E-state index contributed by atoms with van der Waals surface area (Å²) in [6.07, 6.45) is 1.47. The maximum atomic E-state index is 10.8. The molecule has 0 radical (unpaired) electrons. The Morgan fingerprint density at radius 1 is 1.29 bits per heavy atom. The van der Waals surface area contributed by atoms with Gasteiger partial charge in [-0.2, -0.15) is 0 Å². The Bertz CT molecular complexity index is 373. The maximum Gasteiger partial charge on any atom is 0.335 e. The van der Waals surface area contributed by atoms with Crippen molar-refractivity contribution >= 4 is 5.97 Å². The molecule has 1 unspecified atom stereocenters. The lowest BCUT2D eigenvalue weighted by molar-refractivity contribution is -0.132. The highest BCUT2D eigenvalue weighted by Crippen LogP contribution is 2.23. The number of carboxylic acid groups (broad SMARTS) is 1. The van der Waals surface area contributed by atoms with E-state index in [4.69, 9.17) is 5.11 Å². The van der Waals surface area contributed by atoms with Crippen LogP contribution >= 0.6 is 0 Å². The van der Waals surface area contributed by atoms with Crippen LogP contribution < -0.4 is 10.9 Å². The zero-order valence-electron chi connectivity index (χ0n) is 7.40. The Kier molecular flexibility index (Phi) is 2.20. The van der Waals surface area contributed by atoms with E-state index in [1.54, 1.807) is 0 Å². The number of aliphatic carboxylic acids is 1. The topological polar surface area (TPSA) is 61.4 Å². The van der Waals surface area contributed by atoms with E-state index in [0.29, 0.717) is 5.57 Å². The third-order valence-corrected chi connectivity index (χ3v) is 2.15. The van der Waals surface area contributed by atoms with Gasteiger partial charge >= 0.3 is 5.97 Å². The summed E-state index contributed by atoms with van der Waals surface area (Å²) in [5.74, 6) is -0.906. The number of hydrazine groups is 1. The fourth-order valence-corrected chi connectivity index (χ4v) is 1.46. The van der Waals surface area contributed by atoms with Gasteiger partial charge < -0.3 is 10.5 Å². The zero-order valence-corrected chi connectivity index (χ0v) is 7.40. The van der Waals surface area contributed by atoms with Crippen molar-refractivity contribution in [2.24, 2.45) is 0 Å². The van der Waals surface area contributed by atoms with Gasteiger partial charge in [-0.25, -0.2) is 10.2 Å². The van der Waals surface area contributed by atoms with E-state index in [1.807, 2.05) is 30.3 Å². The van der Waals surface area contributed by atoms with Crippen molar-refractivity contribution < 1.29 is 9.90 Å². The van der Waals surface area contributed by atoms with Gasteiger partial charge in [0.15, 0.2) is 0 Å². The van der Waals surface area contributed by atoms with Crippen LogP contribution in [0, 0.1) is 0 Å². The molecule has 0 bridgehead atoms. The number of rotatable bonds is 2. The third-order valence-electron chi connectivity index (χ3n) is 2.15. The number of hydrogen-bond donors (Lipinski definition) is 3. The monoisotopic (exact) mass is 190 g/mol. The molecule has 4 nitrogen and oxygen atoms in total. The number of hydrogen-bond acceptors (Lipinski definition) is 3. The molecule has 1 aliphatic rings. The molecule has 1 heterocycles. The molecule has 1 aromatic carbocycles. The first-order valence-electron chi connectivity index (χ1n) is 4.28. The van der Waals surface area contributed by atoms with Crippen LogP contribution in [0.5, 0.6) is 0 Å². The normalized spacial score (nSPS) is 20.0. The Hall–Kier alpha value is -1.81. The summed E-state index contributed by atoms with van der Waals surface area (Å²) >= 11 is 0. The van der Waals surface area contributed by atoms with Gasteiger partial charge in [-0.05, 0) is 5.56 Å². The Labute approximate surface area is 81.2 Å². The summed E-state index contributed by atoms with van der Waals surface area (Å²) < 4.78 is 0. The van der Waals surface area contributed by atoms with E-state index in [1.165, 1.54) is 6.20 Å². The molecule has 14 heavy (non-hydrogen) atoms. The Balaban J connectivity index is 2.29. The minimum atomic E-state index is -0.906. The van der Waals surface area contributed by atoms with Crippen LogP contribution in [0.3, 0.4) is 0 Å². The maximum absolute atomic E-state index is 10.8. The molecule has 0 spiro atoms. The molecule has 72 valence electrons. The van der Waals surface area contributed by atoms with E-state index < -0.39 is 5.97 Å². The minimum Gasteiger partial charge on any atom is -0.478 e. The van der Waals surface area contributed by atoms with Gasteiger partial charge in [-0.3, -0.25) is 0 Å². The molecule has 1 atom stereocenters. The van der Waals surface area contributed by atoms with E-state index in [0.717, 1.165) is 5.56 Å². The molecule has 0 amide bonds. The first kappa shape index (κ1) is 8.77. The van der Waals surface area contributed by atoms with E-state index in [-0.39, 0.29) is 6.04 Å². The van der Waals surface area contributed by atoms with Crippen LogP contribution in [0.4, 0.5) is 0 Å². The van der Waals surface area contributed by atoms with Crippen LogP contribution in [-0.4, -0.2) is 11.1 Å². The zero-order chi connectivity index (χ0) is 9.97. The lowest BCUT2D eigenvalue weighted by Gasteiger charge is -2.11. The molecular formula is C10H10N2O2. The number of carboxylic acids is 1. The van der Waals surface area contributed by atoms with Crippen LogP contribution in [0.15, 0.2) is 42.1 Å². The first-order valence-corrected chi connectivity index (χ1v) is 4.28. The number of benzene rings is 1. The van der Waals surface area contributed by atoms with Gasteiger partial charge in [0.1, 0.15) is 0 Å². The predicted molar refractivity (Wildman–Crippen MR) is 51.2 cm³/mol. The van der Waals surface area contributed by atoms with E-state index >= 15 is 0 Å². The smallest absolute Gasteiger partial charge is 0.335 e. The van der Waals surface area contributed by atoms with Crippen molar-refractivity contribution in [1.29, 1.82) is 0 Å². The van der Waals surface area contributed by atoms with Gasteiger partial charge in [0.2, 0.25) is 0 Å². The molecule has 1 aromatic rings. The van der Waals surface area contributed by atoms with Crippen molar-refractivity contribution in [2.75, 3.05) is 0 Å². The van der Waals surface area contributed by atoms with Crippen LogP contribution in [-0.2, 0) is 4.79 Å². The van der Waals surface area contributed by atoms with Gasteiger partial charge in [-0.15, -0.1) is 0 Å². The standard InChI is InChI=1S/C10H10N2O2/c13-10(14)8-6-11-12-9(8)7-4-2-1-3-5-7/h1-6,9,11-12H,(H,13,14). The second kappa shape index (κ2) is 3.51. The summed E-state index contributed by atoms with van der Waals surface area (Å²) in [6, 6.07) is 9.18. The average Bonchev–Trinajstić information content (AvgIpc) is 2.67. The fourth-order valence-electron chi connectivity index (χ4n) is 1.46. The molecule has 0 aliphatic carbocycles. The quantitative estimate of drug-likeness (QED) is 0.645. The van der Waals surface area contributed by atoms with E-state index in [9.17, 15) is 4.79 Å². The molecule has 2 rings (SSSR count). The lowest BCUT2D eigenvalue weighted by atomic mass is 10.0. The van der Waals surface area contributed by atoms with Crippen molar-refractivity contribution in [3.05, 3.63) is 47.7 Å². The van der Waals surface area contributed by atoms with Crippen molar-refractivity contribution in [1.82, 2.24) is 10.9 Å². The Morgan fingerprint density at radius 3 is 2.64 bits per heavy atom. The summed E-state index contributed by atoms with van der Waals surface area (Å²) in [4.78, 5) is 10.8. The summed E-state index contributed by atoms with van der Waals surface area (Å²) in [7, 11) is 0. The summed E-state index contributed by atoms with van der Waals surface area (Å²) in [6.45, 7) is 0. The van der Waals surface area contributed by atoms with Gasteiger partial charge in [0.05, 0.1) is 11.6 Å². The largest absolute Gasteiger partial charge is 0.478 e. The minimum absolute atomic E-state index is 0.270. The van der Waals surface area contributed by atoms with Crippen molar-refractivity contribution in [3.8, 4) is 0 Å². The van der Waals surface area contributed by atoms with Crippen LogP contribution in [0.1, 0.15) is 11.6 Å². The molecule has 0 fully saturated rings. The van der Waals surface area contributed by atoms with E-state index in [2.05, 4.69) is 10.9 Å². The molecule has 0 saturated carbocycles. The molecule has 0 aromatic heterocycles. The highest BCUT2D eigenvalue weighted by Gasteiger charge is 2.25. The van der Waals surface area contributed by atoms with Gasteiger partial charge in [0, 0.05) is 6.20 Å². The molecule has 4 heteroatoms. The summed E-state index contributed by atoms with van der Waals surface area (Å²) in [5.41, 5.74) is 6.86. The molecule has 1 aliphatic heterocycles. The first-order chi connectivity index (χ1) is 6.79.